The van der Waals surface area contributed by atoms with Crippen LogP contribution in [-0.4, -0.2) is 18.2 Å². The molecule has 0 bridgehead atoms. The first-order valence-electron chi connectivity index (χ1n) is 9.11. The minimum absolute atomic E-state index is 0.0658. The van der Waals surface area contributed by atoms with Crippen LogP contribution in [0.15, 0.2) is 84.9 Å². The number of carbonyl (C=O) groups is 2. The number of Topliss-reactive ketones (excluding diaryl/α,β-unsaturated/α-hetero) is 1. The van der Waals surface area contributed by atoms with Crippen LogP contribution in [0, 0.1) is 0 Å². The van der Waals surface area contributed by atoms with Crippen LogP contribution in [-0.2, 0) is 6.42 Å². The summed E-state index contributed by atoms with van der Waals surface area (Å²) in [4.78, 5) is 23.7. The van der Waals surface area contributed by atoms with E-state index in [0.717, 1.165) is 11.8 Å². The highest BCUT2D eigenvalue weighted by molar-refractivity contribution is 5.99. The summed E-state index contributed by atoms with van der Waals surface area (Å²) in [6.45, 7) is 4.00. The maximum atomic E-state index is 12.9. The molecule has 0 spiro atoms. The standard InChI is InChI=1S/C22H18O3.C2H6/c23-16-18-11-13-20(14-12-18)25-21(15-17-7-3-1-4-8-17)22(24)19-9-5-2-6-10-19;1-2/h1-14,16,21H,15H2;1-2H3. The average molecular weight is 360 g/mol. The van der Waals surface area contributed by atoms with Crippen LogP contribution in [0.25, 0.3) is 0 Å². The summed E-state index contributed by atoms with van der Waals surface area (Å²) in [5.41, 5.74) is 2.22. The van der Waals surface area contributed by atoms with Crippen molar-refractivity contribution in [1.82, 2.24) is 0 Å². The van der Waals surface area contributed by atoms with E-state index in [9.17, 15) is 9.59 Å². The molecule has 1 atom stereocenters. The van der Waals surface area contributed by atoms with Crippen molar-refractivity contribution in [3.8, 4) is 5.75 Å². The van der Waals surface area contributed by atoms with Crippen LogP contribution in [0.3, 0.4) is 0 Å². The highest BCUT2D eigenvalue weighted by atomic mass is 16.5. The summed E-state index contributed by atoms with van der Waals surface area (Å²) in [5.74, 6) is 0.500. The van der Waals surface area contributed by atoms with Gasteiger partial charge in [0.15, 0.2) is 6.10 Å². The van der Waals surface area contributed by atoms with Crippen LogP contribution in [0.5, 0.6) is 5.75 Å². The maximum absolute atomic E-state index is 12.9. The molecule has 0 fully saturated rings. The number of rotatable bonds is 7. The molecule has 138 valence electrons. The van der Waals surface area contributed by atoms with Crippen molar-refractivity contribution in [2.45, 2.75) is 26.4 Å². The van der Waals surface area contributed by atoms with Crippen LogP contribution < -0.4 is 4.74 Å². The third kappa shape index (κ3) is 5.93. The number of hydrogen-bond acceptors (Lipinski definition) is 3. The van der Waals surface area contributed by atoms with Gasteiger partial charge in [0.2, 0.25) is 5.78 Å². The monoisotopic (exact) mass is 360 g/mol. The fourth-order valence-electron chi connectivity index (χ4n) is 2.59. The normalized spacial score (nSPS) is 10.9. The summed E-state index contributed by atoms with van der Waals surface area (Å²) in [5, 5.41) is 0. The van der Waals surface area contributed by atoms with Crippen LogP contribution in [0.1, 0.15) is 40.1 Å². The first kappa shape index (κ1) is 20.1. The Hall–Kier alpha value is -3.20. The lowest BCUT2D eigenvalue weighted by atomic mass is 10.00. The van der Waals surface area contributed by atoms with E-state index in [2.05, 4.69) is 0 Å². The summed E-state index contributed by atoms with van der Waals surface area (Å²) in [7, 11) is 0. The Morgan fingerprint density at radius 1 is 0.852 bits per heavy atom. The zero-order chi connectivity index (χ0) is 19.5. The Balaban J connectivity index is 0.00000126. The minimum atomic E-state index is -0.633. The molecule has 0 aliphatic heterocycles. The molecular formula is C24H24O3. The smallest absolute Gasteiger partial charge is 0.203 e. The van der Waals surface area contributed by atoms with Crippen molar-refractivity contribution in [3.05, 3.63) is 102 Å². The molecule has 3 rings (SSSR count). The van der Waals surface area contributed by atoms with Gasteiger partial charge in [-0.25, -0.2) is 0 Å². The van der Waals surface area contributed by atoms with Crippen molar-refractivity contribution in [1.29, 1.82) is 0 Å². The Morgan fingerprint density at radius 2 is 1.41 bits per heavy atom. The predicted octanol–water partition coefficient (Wildman–Crippen LogP) is 5.40. The maximum Gasteiger partial charge on any atom is 0.203 e. The zero-order valence-electron chi connectivity index (χ0n) is 15.7. The van der Waals surface area contributed by atoms with Crippen molar-refractivity contribution in [3.63, 3.8) is 0 Å². The minimum Gasteiger partial charge on any atom is -0.482 e. The quantitative estimate of drug-likeness (QED) is 0.419. The fourth-order valence-corrected chi connectivity index (χ4v) is 2.59. The second-order valence-corrected chi connectivity index (χ2v) is 5.71. The molecule has 3 nitrogen and oxygen atoms in total. The predicted molar refractivity (Wildman–Crippen MR) is 109 cm³/mol. The molecule has 0 heterocycles. The summed E-state index contributed by atoms with van der Waals surface area (Å²) in [6, 6.07) is 25.7. The topological polar surface area (TPSA) is 43.4 Å². The second kappa shape index (κ2) is 10.7. The van der Waals surface area contributed by atoms with Crippen molar-refractivity contribution >= 4 is 12.1 Å². The van der Waals surface area contributed by atoms with Crippen LogP contribution >= 0.6 is 0 Å². The van der Waals surface area contributed by atoms with E-state index in [4.69, 9.17) is 4.74 Å². The molecule has 0 aliphatic rings. The van der Waals surface area contributed by atoms with Gasteiger partial charge in [-0.2, -0.15) is 0 Å². The molecule has 0 aromatic heterocycles. The summed E-state index contributed by atoms with van der Waals surface area (Å²) >= 11 is 0. The fraction of sp³-hybridized carbons (Fsp3) is 0.167. The van der Waals surface area contributed by atoms with Crippen LogP contribution in [0.2, 0.25) is 0 Å². The van der Waals surface area contributed by atoms with Gasteiger partial charge in [-0.1, -0.05) is 74.5 Å². The van der Waals surface area contributed by atoms with Crippen molar-refractivity contribution < 1.29 is 14.3 Å². The number of benzene rings is 3. The average Bonchev–Trinajstić information content (AvgIpc) is 2.76. The lowest BCUT2D eigenvalue weighted by Gasteiger charge is -2.18. The first-order valence-corrected chi connectivity index (χ1v) is 9.11. The molecule has 0 N–H and O–H groups in total. The molecule has 0 radical (unpaired) electrons. The highest BCUT2D eigenvalue weighted by Crippen LogP contribution is 2.18. The number of ether oxygens (including phenoxy) is 1. The molecule has 0 amide bonds. The lowest BCUT2D eigenvalue weighted by molar-refractivity contribution is 0.0792. The van der Waals surface area contributed by atoms with E-state index in [1.165, 1.54) is 0 Å². The Labute approximate surface area is 160 Å². The van der Waals surface area contributed by atoms with Crippen molar-refractivity contribution in [2.75, 3.05) is 0 Å². The summed E-state index contributed by atoms with van der Waals surface area (Å²) < 4.78 is 5.97. The Bertz CT molecular complexity index is 825. The van der Waals surface area contributed by atoms with Gasteiger partial charge in [-0.05, 0) is 29.8 Å². The van der Waals surface area contributed by atoms with E-state index in [1.807, 2.05) is 62.4 Å². The number of ketones is 1. The third-order valence-corrected chi connectivity index (χ3v) is 3.91. The second-order valence-electron chi connectivity index (χ2n) is 5.71. The largest absolute Gasteiger partial charge is 0.482 e. The molecule has 0 saturated carbocycles. The number of hydrogen-bond donors (Lipinski definition) is 0. The SMILES string of the molecule is CC.O=Cc1ccc(OC(Cc2ccccc2)C(=O)c2ccccc2)cc1. The van der Waals surface area contributed by atoms with Gasteiger partial charge >= 0.3 is 0 Å². The molecule has 3 aromatic carbocycles. The van der Waals surface area contributed by atoms with E-state index < -0.39 is 6.10 Å². The molecule has 1 unspecified atom stereocenters. The lowest BCUT2D eigenvalue weighted by Crippen LogP contribution is -2.30. The molecule has 3 heteroatoms. The molecule has 0 saturated heterocycles. The van der Waals surface area contributed by atoms with Crippen molar-refractivity contribution in [2.24, 2.45) is 0 Å². The van der Waals surface area contributed by atoms with Gasteiger partial charge in [-0.15, -0.1) is 0 Å². The van der Waals surface area contributed by atoms with E-state index in [1.54, 1.807) is 36.4 Å². The molecule has 27 heavy (non-hydrogen) atoms. The van der Waals surface area contributed by atoms with Gasteiger partial charge < -0.3 is 4.74 Å². The number of carbonyl (C=O) groups excluding carboxylic acids is 2. The first-order chi connectivity index (χ1) is 13.3. The van der Waals surface area contributed by atoms with E-state index in [0.29, 0.717) is 23.3 Å². The zero-order valence-corrected chi connectivity index (χ0v) is 15.7. The Kier molecular flexibility index (Phi) is 7.98. The van der Waals surface area contributed by atoms with Gasteiger partial charge in [0.25, 0.3) is 0 Å². The van der Waals surface area contributed by atoms with Gasteiger partial charge in [0, 0.05) is 17.5 Å². The van der Waals surface area contributed by atoms with Gasteiger partial charge in [-0.3, -0.25) is 9.59 Å². The summed E-state index contributed by atoms with van der Waals surface area (Å²) in [6.07, 6.45) is 0.622. The Morgan fingerprint density at radius 3 is 1.96 bits per heavy atom. The molecule has 3 aromatic rings. The van der Waals surface area contributed by atoms with Crippen LogP contribution in [0.4, 0.5) is 0 Å². The van der Waals surface area contributed by atoms with Gasteiger partial charge in [0.1, 0.15) is 12.0 Å². The number of aldehydes is 1. The third-order valence-electron chi connectivity index (χ3n) is 3.91. The highest BCUT2D eigenvalue weighted by Gasteiger charge is 2.22. The van der Waals surface area contributed by atoms with Gasteiger partial charge in [0.05, 0.1) is 0 Å². The van der Waals surface area contributed by atoms with E-state index >= 15 is 0 Å². The molecular weight excluding hydrogens is 336 g/mol. The van der Waals surface area contributed by atoms with E-state index in [-0.39, 0.29) is 5.78 Å². The molecule has 0 aliphatic carbocycles.